The Morgan fingerprint density at radius 1 is 0.679 bits per heavy atom. The fourth-order valence-electron chi connectivity index (χ4n) is 2.94. The van der Waals surface area contributed by atoms with Crippen LogP contribution in [0.3, 0.4) is 0 Å². The van der Waals surface area contributed by atoms with E-state index in [2.05, 4.69) is 38.3 Å². The molecule has 0 radical (unpaired) electrons. The fourth-order valence-corrected chi connectivity index (χ4v) is 2.94. The summed E-state index contributed by atoms with van der Waals surface area (Å²) >= 11 is 0. The van der Waals surface area contributed by atoms with Crippen LogP contribution in [0.4, 0.5) is 11.4 Å². The molecule has 2 atom stereocenters. The lowest BCUT2D eigenvalue weighted by molar-refractivity contribution is -0.121. The molecule has 0 unspecified atom stereocenters. The Morgan fingerprint density at radius 3 is 1.29 bits per heavy atom. The quantitative estimate of drug-likeness (QED) is 0.554. The third-order valence-electron chi connectivity index (χ3n) is 5.33. The highest BCUT2D eigenvalue weighted by Gasteiger charge is 2.09. The minimum atomic E-state index is -0.154. The molecule has 150 valence electrons. The number of benzene rings is 2. The van der Waals surface area contributed by atoms with Gasteiger partial charge in [-0.05, 0) is 60.1 Å². The van der Waals surface area contributed by atoms with Crippen LogP contribution in [-0.4, -0.2) is 11.8 Å². The van der Waals surface area contributed by atoms with Crippen LogP contribution in [0.15, 0.2) is 48.5 Å². The summed E-state index contributed by atoms with van der Waals surface area (Å²) in [5, 5.41) is 5.71. The van der Waals surface area contributed by atoms with Crippen molar-refractivity contribution in [2.75, 3.05) is 10.6 Å². The van der Waals surface area contributed by atoms with E-state index in [1.165, 1.54) is 11.1 Å². The van der Waals surface area contributed by atoms with E-state index in [1.807, 2.05) is 48.5 Å². The van der Waals surface area contributed by atoms with Crippen LogP contribution < -0.4 is 10.6 Å². The van der Waals surface area contributed by atoms with Crippen molar-refractivity contribution in [3.05, 3.63) is 59.7 Å². The van der Waals surface area contributed by atoms with Gasteiger partial charge in [0.1, 0.15) is 0 Å². The highest BCUT2D eigenvalue weighted by Crippen LogP contribution is 2.21. The Hall–Kier alpha value is -2.62. The molecule has 28 heavy (non-hydrogen) atoms. The average molecular weight is 381 g/mol. The first-order valence-corrected chi connectivity index (χ1v) is 10.2. The molecule has 2 aromatic rings. The van der Waals surface area contributed by atoms with Crippen molar-refractivity contribution in [1.29, 1.82) is 0 Å². The maximum absolute atomic E-state index is 12.1. The molecule has 0 saturated heterocycles. The molecule has 0 spiro atoms. The number of hydrogen-bond acceptors (Lipinski definition) is 2. The molecule has 0 aromatic heterocycles. The van der Waals surface area contributed by atoms with E-state index < -0.39 is 0 Å². The summed E-state index contributed by atoms with van der Waals surface area (Å²) < 4.78 is 0. The smallest absolute Gasteiger partial charge is 0.224 e. The largest absolute Gasteiger partial charge is 0.326 e. The van der Waals surface area contributed by atoms with E-state index >= 15 is 0 Å². The van der Waals surface area contributed by atoms with Crippen molar-refractivity contribution in [2.24, 2.45) is 0 Å². The molecule has 2 amide bonds. The molecule has 0 fully saturated rings. The summed E-state index contributed by atoms with van der Waals surface area (Å²) in [6, 6.07) is 15.8. The van der Waals surface area contributed by atoms with E-state index in [1.54, 1.807) is 0 Å². The topological polar surface area (TPSA) is 58.2 Å². The lowest BCUT2D eigenvalue weighted by atomic mass is 9.98. The van der Waals surface area contributed by atoms with Crippen molar-refractivity contribution < 1.29 is 9.59 Å². The Labute approximate surface area is 168 Å². The van der Waals surface area contributed by atoms with Crippen LogP contribution in [0.25, 0.3) is 0 Å². The first-order chi connectivity index (χ1) is 13.4. The molecule has 0 bridgehead atoms. The minimum Gasteiger partial charge on any atom is -0.326 e. The van der Waals surface area contributed by atoms with Crippen LogP contribution in [0.1, 0.15) is 76.3 Å². The zero-order chi connectivity index (χ0) is 20.5. The van der Waals surface area contributed by atoms with Gasteiger partial charge in [-0.2, -0.15) is 0 Å². The number of nitrogens with one attached hydrogen (secondary N) is 2. The molecule has 4 nitrogen and oxygen atoms in total. The van der Waals surface area contributed by atoms with E-state index in [0.29, 0.717) is 11.8 Å². The maximum atomic E-state index is 12.1. The molecule has 2 N–H and O–H groups in total. The normalized spacial score (nSPS) is 12.9. The van der Waals surface area contributed by atoms with Gasteiger partial charge in [-0.3, -0.25) is 9.59 Å². The van der Waals surface area contributed by atoms with E-state index in [9.17, 15) is 9.59 Å². The Morgan fingerprint density at radius 2 is 1.00 bits per heavy atom. The second kappa shape index (κ2) is 10.6. The van der Waals surface area contributed by atoms with E-state index in [4.69, 9.17) is 0 Å². The summed E-state index contributed by atoms with van der Waals surface area (Å²) in [6.45, 7) is 8.69. The van der Waals surface area contributed by atoms with Gasteiger partial charge >= 0.3 is 0 Å². The van der Waals surface area contributed by atoms with Gasteiger partial charge in [0.25, 0.3) is 0 Å². The van der Waals surface area contributed by atoms with Crippen molar-refractivity contribution in [1.82, 2.24) is 0 Å². The van der Waals surface area contributed by atoms with Crippen molar-refractivity contribution >= 4 is 23.2 Å². The number of hydrogen-bond donors (Lipinski definition) is 2. The standard InChI is InChI=1S/C24H32N2O2/c1-5-17(3)19-7-11-21(12-8-19)25-23(27)15-16-24(28)26-22-13-9-20(10-14-22)18(4)6-2/h7-14,17-18H,5-6,15-16H2,1-4H3,(H,25,27)(H,26,28)/t17-,18+. The number of amides is 2. The predicted molar refractivity (Wildman–Crippen MR) is 117 cm³/mol. The molecular weight excluding hydrogens is 348 g/mol. The summed E-state index contributed by atoms with van der Waals surface area (Å²) in [5.41, 5.74) is 4.05. The average Bonchev–Trinajstić information content (AvgIpc) is 2.72. The molecule has 0 aliphatic carbocycles. The second-order valence-corrected chi connectivity index (χ2v) is 7.46. The number of anilines is 2. The van der Waals surface area contributed by atoms with Crippen LogP contribution in [0.5, 0.6) is 0 Å². The summed E-state index contributed by atoms with van der Waals surface area (Å²) in [7, 11) is 0. The molecule has 4 heteroatoms. The fraction of sp³-hybridized carbons (Fsp3) is 0.417. The first kappa shape index (κ1) is 21.7. The van der Waals surface area contributed by atoms with Crippen molar-refractivity contribution in [2.45, 2.75) is 65.2 Å². The van der Waals surface area contributed by atoms with Gasteiger partial charge in [0, 0.05) is 24.2 Å². The predicted octanol–water partition coefficient (Wildman–Crippen LogP) is 6.07. The van der Waals surface area contributed by atoms with Gasteiger partial charge in [-0.1, -0.05) is 52.0 Å². The lowest BCUT2D eigenvalue weighted by Gasteiger charge is -2.11. The zero-order valence-corrected chi connectivity index (χ0v) is 17.4. The first-order valence-electron chi connectivity index (χ1n) is 10.2. The zero-order valence-electron chi connectivity index (χ0n) is 17.4. The second-order valence-electron chi connectivity index (χ2n) is 7.46. The Balaban J connectivity index is 1.78. The maximum Gasteiger partial charge on any atom is 0.224 e. The molecule has 0 aliphatic heterocycles. The van der Waals surface area contributed by atoms with E-state index in [0.717, 1.165) is 24.2 Å². The third kappa shape index (κ3) is 6.52. The monoisotopic (exact) mass is 380 g/mol. The van der Waals surface area contributed by atoms with Gasteiger partial charge in [0.2, 0.25) is 11.8 Å². The van der Waals surface area contributed by atoms with Gasteiger partial charge in [-0.15, -0.1) is 0 Å². The summed E-state index contributed by atoms with van der Waals surface area (Å²) in [5.74, 6) is 0.706. The lowest BCUT2D eigenvalue weighted by Crippen LogP contribution is -2.17. The molecular formula is C24H32N2O2. The molecule has 2 aromatic carbocycles. The van der Waals surface area contributed by atoms with Gasteiger partial charge < -0.3 is 10.6 Å². The highest BCUT2D eigenvalue weighted by atomic mass is 16.2. The van der Waals surface area contributed by atoms with Crippen LogP contribution in [0.2, 0.25) is 0 Å². The molecule has 0 heterocycles. The number of carbonyl (C=O) groups is 2. The number of rotatable bonds is 9. The summed E-state index contributed by atoms with van der Waals surface area (Å²) in [4.78, 5) is 24.2. The molecule has 0 saturated carbocycles. The minimum absolute atomic E-state index is 0.154. The van der Waals surface area contributed by atoms with Gasteiger partial charge in [0.15, 0.2) is 0 Å². The molecule has 2 rings (SSSR count). The highest BCUT2D eigenvalue weighted by molar-refractivity contribution is 5.96. The third-order valence-corrected chi connectivity index (χ3v) is 5.33. The van der Waals surface area contributed by atoms with Crippen LogP contribution in [0, 0.1) is 0 Å². The van der Waals surface area contributed by atoms with E-state index in [-0.39, 0.29) is 24.7 Å². The summed E-state index contributed by atoms with van der Waals surface area (Å²) in [6.07, 6.45) is 2.48. The van der Waals surface area contributed by atoms with Gasteiger partial charge in [-0.25, -0.2) is 0 Å². The van der Waals surface area contributed by atoms with Crippen LogP contribution in [-0.2, 0) is 9.59 Å². The SMILES string of the molecule is CC[C@@H](C)c1ccc(NC(=O)CCC(=O)Nc2ccc([C@@H](C)CC)cc2)cc1. The van der Waals surface area contributed by atoms with Crippen LogP contribution >= 0.6 is 0 Å². The van der Waals surface area contributed by atoms with Crippen molar-refractivity contribution in [3.63, 3.8) is 0 Å². The Bertz CT molecular complexity index is 699. The molecule has 0 aliphatic rings. The number of carbonyl (C=O) groups excluding carboxylic acids is 2. The Kier molecular flexibility index (Phi) is 8.24. The van der Waals surface area contributed by atoms with Gasteiger partial charge in [0.05, 0.1) is 0 Å². The van der Waals surface area contributed by atoms with Crippen molar-refractivity contribution in [3.8, 4) is 0 Å².